The fourth-order valence-corrected chi connectivity index (χ4v) is 2.15. The molecule has 0 fully saturated rings. The van der Waals surface area contributed by atoms with Gasteiger partial charge < -0.3 is 0 Å². The van der Waals surface area contributed by atoms with E-state index >= 15 is 0 Å². The number of rotatable bonds is 3. The summed E-state index contributed by atoms with van der Waals surface area (Å²) in [5.74, 6) is 1.26. The van der Waals surface area contributed by atoms with Crippen molar-refractivity contribution in [1.82, 2.24) is 14.5 Å². The maximum absolute atomic E-state index is 9.33. The molecule has 0 aliphatic heterocycles. The summed E-state index contributed by atoms with van der Waals surface area (Å²) in [6, 6.07) is 2.22. The average molecular weight is 296 g/mol. The summed E-state index contributed by atoms with van der Waals surface area (Å²) in [5, 5.41) is 10.2. The molecule has 0 amide bonds. The van der Waals surface area contributed by atoms with Crippen LogP contribution in [0.2, 0.25) is 0 Å². The van der Waals surface area contributed by atoms with Gasteiger partial charge in [-0.1, -0.05) is 48.1 Å². The molecule has 0 N–H and O–H groups in total. The highest BCUT2D eigenvalue weighted by Crippen LogP contribution is 2.29. The molecule has 0 spiro atoms. The minimum Gasteiger partial charge on any atom is -0.299 e. The number of nitriles is 1. The van der Waals surface area contributed by atoms with Crippen molar-refractivity contribution in [3.63, 3.8) is 0 Å². The lowest BCUT2D eigenvalue weighted by Crippen LogP contribution is -2.05. The second-order valence-corrected chi connectivity index (χ2v) is 5.37. The first-order valence-corrected chi connectivity index (χ1v) is 7.68. The Balaban J connectivity index is 0.00000116. The zero-order valence-electron chi connectivity index (χ0n) is 14.3. The van der Waals surface area contributed by atoms with Crippen LogP contribution in [0.1, 0.15) is 70.5 Å². The highest BCUT2D eigenvalue weighted by molar-refractivity contribution is 5.87. The fraction of sp³-hybridized carbons (Fsp3) is 0.444. The molecule has 2 rings (SSSR count). The van der Waals surface area contributed by atoms with Gasteiger partial charge in [0.1, 0.15) is 17.5 Å². The SMILES string of the molecule is C=C=Cn1cc(C#N)c2c(C(C)C)nc(C(C)C)nc21.CC. The van der Waals surface area contributed by atoms with Crippen molar-refractivity contribution < 1.29 is 0 Å². The third kappa shape index (κ3) is 3.27. The zero-order chi connectivity index (χ0) is 16.9. The molecule has 0 bridgehead atoms. The molecule has 0 aromatic carbocycles. The van der Waals surface area contributed by atoms with Crippen LogP contribution in [0.4, 0.5) is 0 Å². The van der Waals surface area contributed by atoms with Crippen LogP contribution in [-0.4, -0.2) is 14.5 Å². The van der Waals surface area contributed by atoms with Crippen molar-refractivity contribution in [3.05, 3.63) is 35.6 Å². The molecule has 4 nitrogen and oxygen atoms in total. The summed E-state index contributed by atoms with van der Waals surface area (Å²) in [7, 11) is 0. The lowest BCUT2D eigenvalue weighted by Gasteiger charge is -2.11. The van der Waals surface area contributed by atoms with E-state index in [0.29, 0.717) is 5.56 Å². The number of hydrogen-bond donors (Lipinski definition) is 0. The van der Waals surface area contributed by atoms with E-state index in [-0.39, 0.29) is 11.8 Å². The maximum Gasteiger partial charge on any atom is 0.149 e. The van der Waals surface area contributed by atoms with Crippen LogP contribution in [0.3, 0.4) is 0 Å². The van der Waals surface area contributed by atoms with Crippen molar-refractivity contribution >= 4 is 17.2 Å². The van der Waals surface area contributed by atoms with Gasteiger partial charge in [-0.2, -0.15) is 5.26 Å². The van der Waals surface area contributed by atoms with Gasteiger partial charge in [-0.05, 0) is 5.92 Å². The van der Waals surface area contributed by atoms with Crippen LogP contribution in [-0.2, 0) is 0 Å². The Kier molecular flexibility index (Phi) is 6.10. The molecule has 0 unspecified atom stereocenters. The van der Waals surface area contributed by atoms with E-state index in [1.807, 2.05) is 13.8 Å². The largest absolute Gasteiger partial charge is 0.299 e. The topological polar surface area (TPSA) is 54.5 Å². The van der Waals surface area contributed by atoms with Crippen molar-refractivity contribution in [1.29, 1.82) is 5.26 Å². The summed E-state index contributed by atoms with van der Waals surface area (Å²) in [5.41, 5.74) is 4.99. The van der Waals surface area contributed by atoms with Gasteiger partial charge in [-0.25, -0.2) is 9.97 Å². The first-order valence-electron chi connectivity index (χ1n) is 7.68. The Morgan fingerprint density at radius 2 is 1.82 bits per heavy atom. The Hall–Kier alpha value is -2.37. The standard InChI is InChI=1S/C16H18N4.C2H6/c1-6-7-20-9-12(8-17)13-14(10(2)3)18-15(11(4)5)19-16(13)20;1-2/h7,9-11H,1H2,2-5H3;1-2H3. The average Bonchev–Trinajstić information content (AvgIpc) is 2.86. The van der Waals surface area contributed by atoms with E-state index in [4.69, 9.17) is 0 Å². The second kappa shape index (κ2) is 7.59. The molecule has 0 aliphatic rings. The molecule has 4 heteroatoms. The third-order valence-electron chi connectivity index (χ3n) is 3.13. The quantitative estimate of drug-likeness (QED) is 0.762. The van der Waals surface area contributed by atoms with E-state index in [1.54, 1.807) is 17.0 Å². The number of nitrogens with zero attached hydrogens (tertiary/aromatic N) is 4. The van der Waals surface area contributed by atoms with Crippen molar-refractivity contribution in [2.24, 2.45) is 0 Å². The van der Waals surface area contributed by atoms with E-state index in [0.717, 1.165) is 22.6 Å². The normalized spacial score (nSPS) is 10.1. The maximum atomic E-state index is 9.33. The summed E-state index contributed by atoms with van der Waals surface area (Å²) >= 11 is 0. The van der Waals surface area contributed by atoms with Crippen LogP contribution in [0.25, 0.3) is 17.2 Å². The van der Waals surface area contributed by atoms with Crippen molar-refractivity contribution in [2.45, 2.75) is 53.4 Å². The number of hydrogen-bond acceptors (Lipinski definition) is 3. The monoisotopic (exact) mass is 296 g/mol. The van der Waals surface area contributed by atoms with Gasteiger partial charge in [0.05, 0.1) is 22.8 Å². The molecule has 22 heavy (non-hydrogen) atoms. The van der Waals surface area contributed by atoms with Crippen LogP contribution < -0.4 is 0 Å². The highest BCUT2D eigenvalue weighted by atomic mass is 15.0. The molecule has 0 radical (unpaired) electrons. The Labute approximate surface area is 132 Å². The molecule has 0 aliphatic carbocycles. The number of fused-ring (bicyclic) bond motifs is 1. The summed E-state index contributed by atoms with van der Waals surface area (Å²) in [6.07, 6.45) is 3.44. The molecule has 0 atom stereocenters. The predicted molar refractivity (Wildman–Crippen MR) is 91.7 cm³/mol. The van der Waals surface area contributed by atoms with Gasteiger partial charge in [0.25, 0.3) is 0 Å². The van der Waals surface area contributed by atoms with Gasteiger partial charge >= 0.3 is 0 Å². The number of aromatic nitrogens is 3. The smallest absolute Gasteiger partial charge is 0.149 e. The van der Waals surface area contributed by atoms with Gasteiger partial charge in [0, 0.05) is 12.1 Å². The molecular formula is C18H24N4. The molecular weight excluding hydrogens is 272 g/mol. The molecule has 2 heterocycles. The molecule has 0 saturated heterocycles. The summed E-state index contributed by atoms with van der Waals surface area (Å²) in [6.45, 7) is 15.9. The van der Waals surface area contributed by atoms with Crippen LogP contribution in [0.5, 0.6) is 0 Å². The van der Waals surface area contributed by atoms with Gasteiger partial charge in [-0.3, -0.25) is 4.57 Å². The minimum absolute atomic E-state index is 0.230. The first-order chi connectivity index (χ1) is 10.5. The Bertz CT molecular complexity index is 739. The minimum atomic E-state index is 0.230. The highest BCUT2D eigenvalue weighted by Gasteiger charge is 2.19. The first kappa shape index (κ1) is 17.7. The lowest BCUT2D eigenvalue weighted by molar-refractivity contribution is 0.740. The molecule has 0 saturated carbocycles. The van der Waals surface area contributed by atoms with E-state index < -0.39 is 0 Å². The van der Waals surface area contributed by atoms with Crippen LogP contribution >= 0.6 is 0 Å². The van der Waals surface area contributed by atoms with Crippen LogP contribution in [0, 0.1) is 11.3 Å². The van der Waals surface area contributed by atoms with Gasteiger partial charge in [0.15, 0.2) is 0 Å². The third-order valence-corrected chi connectivity index (χ3v) is 3.13. The second-order valence-electron chi connectivity index (χ2n) is 5.37. The van der Waals surface area contributed by atoms with E-state index in [9.17, 15) is 5.26 Å². The molecule has 2 aromatic heterocycles. The molecule has 2 aromatic rings. The van der Waals surface area contributed by atoms with Gasteiger partial charge in [0.2, 0.25) is 0 Å². The lowest BCUT2D eigenvalue weighted by atomic mass is 10.0. The zero-order valence-corrected chi connectivity index (χ0v) is 14.3. The van der Waals surface area contributed by atoms with Crippen molar-refractivity contribution in [3.8, 4) is 6.07 Å². The Morgan fingerprint density at radius 1 is 1.18 bits per heavy atom. The summed E-state index contributed by atoms with van der Waals surface area (Å²) < 4.78 is 1.79. The predicted octanol–water partition coefficient (Wildman–Crippen LogP) is 4.83. The van der Waals surface area contributed by atoms with Crippen molar-refractivity contribution in [2.75, 3.05) is 0 Å². The molecule has 116 valence electrons. The van der Waals surface area contributed by atoms with E-state index in [2.05, 4.69) is 56.0 Å². The Morgan fingerprint density at radius 3 is 2.27 bits per heavy atom. The fourth-order valence-electron chi connectivity index (χ4n) is 2.15. The summed E-state index contributed by atoms with van der Waals surface area (Å²) in [4.78, 5) is 9.26. The van der Waals surface area contributed by atoms with Crippen LogP contribution in [0.15, 0.2) is 18.5 Å². The van der Waals surface area contributed by atoms with Gasteiger partial charge in [-0.15, -0.1) is 5.73 Å². The van der Waals surface area contributed by atoms with E-state index in [1.165, 1.54) is 0 Å².